The van der Waals surface area contributed by atoms with Crippen LogP contribution in [0.15, 0.2) is 23.8 Å². The van der Waals surface area contributed by atoms with E-state index in [-0.39, 0.29) is 0 Å². The average Bonchev–Trinajstić information content (AvgIpc) is 1.83. The highest BCUT2D eigenvalue weighted by Crippen LogP contribution is 1.85. The maximum atomic E-state index is 6.76. The molecule has 0 rings (SSSR count). The number of allylic oxidation sites excluding steroid dienone is 4. The van der Waals surface area contributed by atoms with Gasteiger partial charge in [-0.15, -0.1) is 0 Å². The molecule has 0 atom stereocenters. The molecule has 1 N–H and O–H groups in total. The Labute approximate surface area is 50.2 Å². The van der Waals surface area contributed by atoms with Crippen LogP contribution in [0.4, 0.5) is 0 Å². The predicted octanol–water partition coefficient (Wildman–Crippen LogP) is 2.16. The van der Waals surface area contributed by atoms with E-state index in [0.29, 0.717) is 0 Å². The zero-order chi connectivity index (χ0) is 6.41. The molecule has 0 radical (unpaired) electrons. The molecule has 0 unspecified atom stereocenters. The van der Waals surface area contributed by atoms with Gasteiger partial charge in [-0.25, -0.2) is 0 Å². The summed E-state index contributed by atoms with van der Waals surface area (Å²) in [5, 5.41) is 6.76. The largest absolute Gasteiger partial charge is 0.308 e. The van der Waals surface area contributed by atoms with Crippen LogP contribution in [0.25, 0.3) is 0 Å². The molecule has 0 aromatic heterocycles. The Kier molecular flexibility index (Phi) is 3.85. The molecule has 0 saturated heterocycles. The van der Waals surface area contributed by atoms with E-state index in [9.17, 15) is 0 Å². The summed E-state index contributed by atoms with van der Waals surface area (Å²) in [5.74, 6) is 0. The van der Waals surface area contributed by atoms with Crippen molar-refractivity contribution in [3.8, 4) is 0 Å². The van der Waals surface area contributed by atoms with E-state index in [2.05, 4.69) is 0 Å². The fraction of sp³-hybridized carbons (Fsp3) is 0.286. The number of hydrogen-bond donors (Lipinski definition) is 1. The highest BCUT2D eigenvalue weighted by atomic mass is 14.3. The zero-order valence-corrected chi connectivity index (χ0v) is 5.31. The van der Waals surface area contributed by atoms with E-state index in [0.717, 1.165) is 5.57 Å². The van der Waals surface area contributed by atoms with Crippen LogP contribution >= 0.6 is 0 Å². The molecular weight excluding hydrogens is 98.1 g/mol. The quantitative estimate of drug-likeness (QED) is 0.415. The molecule has 0 aromatic carbocycles. The lowest BCUT2D eigenvalue weighted by molar-refractivity contribution is 1.50. The van der Waals surface area contributed by atoms with E-state index in [1.807, 2.05) is 32.1 Å². The first-order valence-corrected chi connectivity index (χ1v) is 2.61. The summed E-state index contributed by atoms with van der Waals surface area (Å²) in [6, 6.07) is 0. The molecule has 0 heterocycles. The minimum Gasteiger partial charge on any atom is -0.308 e. The van der Waals surface area contributed by atoms with Crippen LogP contribution in [0.3, 0.4) is 0 Å². The second-order valence-corrected chi connectivity index (χ2v) is 1.58. The van der Waals surface area contributed by atoms with Crippen LogP contribution in [0.2, 0.25) is 0 Å². The average molecular weight is 109 g/mol. The van der Waals surface area contributed by atoms with Crippen molar-refractivity contribution in [3.63, 3.8) is 0 Å². The van der Waals surface area contributed by atoms with E-state index >= 15 is 0 Å². The Morgan fingerprint density at radius 2 is 2.12 bits per heavy atom. The number of nitrogens with one attached hydrogen (secondary N) is 1. The first kappa shape index (κ1) is 7.15. The molecule has 0 aromatic rings. The van der Waals surface area contributed by atoms with Gasteiger partial charge in [0.1, 0.15) is 0 Å². The van der Waals surface area contributed by atoms with E-state index in [4.69, 9.17) is 5.41 Å². The van der Waals surface area contributed by atoms with Gasteiger partial charge in [-0.1, -0.05) is 18.2 Å². The van der Waals surface area contributed by atoms with Gasteiger partial charge in [-0.05, 0) is 19.4 Å². The molecule has 0 aliphatic rings. The van der Waals surface area contributed by atoms with E-state index < -0.39 is 0 Å². The van der Waals surface area contributed by atoms with Gasteiger partial charge in [0.25, 0.3) is 0 Å². The second kappa shape index (κ2) is 4.31. The molecule has 1 nitrogen and oxygen atoms in total. The normalized spacial score (nSPS) is 12.5. The maximum Gasteiger partial charge on any atom is 0.0207 e. The molecule has 44 valence electrons. The first-order chi connectivity index (χ1) is 3.81. The van der Waals surface area contributed by atoms with Crippen molar-refractivity contribution in [3.05, 3.63) is 23.8 Å². The van der Waals surface area contributed by atoms with Crippen LogP contribution in [0.1, 0.15) is 13.8 Å². The van der Waals surface area contributed by atoms with Crippen LogP contribution in [-0.2, 0) is 0 Å². The number of rotatable bonds is 2. The van der Waals surface area contributed by atoms with Crippen molar-refractivity contribution in [2.75, 3.05) is 0 Å². The Balaban J connectivity index is 3.74. The minimum atomic E-state index is 0.975. The lowest BCUT2D eigenvalue weighted by Crippen LogP contribution is -1.69. The highest BCUT2D eigenvalue weighted by Gasteiger charge is 1.71. The third-order valence-corrected chi connectivity index (χ3v) is 0.779. The Morgan fingerprint density at radius 1 is 1.50 bits per heavy atom. The van der Waals surface area contributed by atoms with Gasteiger partial charge in [-0.3, -0.25) is 0 Å². The number of hydrogen-bond acceptors (Lipinski definition) is 1. The topological polar surface area (TPSA) is 23.9 Å². The van der Waals surface area contributed by atoms with Crippen molar-refractivity contribution in [2.24, 2.45) is 0 Å². The third kappa shape index (κ3) is 3.34. The standard InChI is InChI=1S/C7H11N/c1-3-4-5-7(2)6-8/h3-6,8H,1-2H3/b4-3-,7-5-,8-6?. The van der Waals surface area contributed by atoms with E-state index in [1.54, 1.807) is 0 Å². The van der Waals surface area contributed by atoms with Gasteiger partial charge in [0.2, 0.25) is 0 Å². The van der Waals surface area contributed by atoms with Gasteiger partial charge in [0.15, 0.2) is 0 Å². The van der Waals surface area contributed by atoms with Crippen molar-refractivity contribution < 1.29 is 0 Å². The van der Waals surface area contributed by atoms with Crippen molar-refractivity contribution in [1.82, 2.24) is 0 Å². The Bertz CT molecular complexity index is 120. The SMILES string of the molecule is C/C=C\C=C(\C)C=N. The lowest BCUT2D eigenvalue weighted by atomic mass is 10.3. The van der Waals surface area contributed by atoms with Crippen molar-refractivity contribution >= 4 is 6.21 Å². The fourth-order valence-corrected chi connectivity index (χ4v) is 0.296. The molecule has 0 aliphatic carbocycles. The molecule has 0 spiro atoms. The van der Waals surface area contributed by atoms with Gasteiger partial charge >= 0.3 is 0 Å². The smallest absolute Gasteiger partial charge is 0.0207 e. The Morgan fingerprint density at radius 3 is 2.50 bits per heavy atom. The molecular formula is C7H11N. The van der Waals surface area contributed by atoms with Gasteiger partial charge in [-0.2, -0.15) is 0 Å². The van der Waals surface area contributed by atoms with Crippen LogP contribution < -0.4 is 0 Å². The van der Waals surface area contributed by atoms with Gasteiger partial charge in [0.05, 0.1) is 0 Å². The maximum absolute atomic E-state index is 6.76. The summed E-state index contributed by atoms with van der Waals surface area (Å²) in [4.78, 5) is 0. The van der Waals surface area contributed by atoms with Crippen LogP contribution in [-0.4, -0.2) is 6.21 Å². The second-order valence-electron chi connectivity index (χ2n) is 1.58. The van der Waals surface area contributed by atoms with Crippen molar-refractivity contribution in [1.29, 1.82) is 5.41 Å². The molecule has 0 aliphatic heterocycles. The summed E-state index contributed by atoms with van der Waals surface area (Å²) in [7, 11) is 0. The predicted molar refractivity (Wildman–Crippen MR) is 37.4 cm³/mol. The summed E-state index contributed by atoms with van der Waals surface area (Å²) in [5.41, 5.74) is 0.975. The molecule has 0 fully saturated rings. The highest BCUT2D eigenvalue weighted by molar-refractivity contribution is 5.75. The molecule has 0 saturated carbocycles. The monoisotopic (exact) mass is 109 g/mol. The third-order valence-electron chi connectivity index (χ3n) is 0.779. The van der Waals surface area contributed by atoms with Crippen LogP contribution in [0, 0.1) is 5.41 Å². The molecule has 0 bridgehead atoms. The molecule has 0 amide bonds. The summed E-state index contributed by atoms with van der Waals surface area (Å²) in [6.07, 6.45) is 7.08. The van der Waals surface area contributed by atoms with Gasteiger partial charge in [0, 0.05) is 6.21 Å². The molecule has 1 heteroatoms. The van der Waals surface area contributed by atoms with E-state index in [1.165, 1.54) is 6.21 Å². The molecule has 8 heavy (non-hydrogen) atoms. The van der Waals surface area contributed by atoms with Crippen LogP contribution in [0.5, 0.6) is 0 Å². The fourth-order valence-electron chi connectivity index (χ4n) is 0.296. The lowest BCUT2D eigenvalue weighted by Gasteiger charge is -1.80. The zero-order valence-electron chi connectivity index (χ0n) is 5.31. The summed E-state index contributed by atoms with van der Waals surface area (Å²) in [6.45, 7) is 3.85. The van der Waals surface area contributed by atoms with Crippen molar-refractivity contribution in [2.45, 2.75) is 13.8 Å². The summed E-state index contributed by atoms with van der Waals surface area (Å²) >= 11 is 0. The Hall–Kier alpha value is -0.850. The first-order valence-electron chi connectivity index (χ1n) is 2.61. The minimum absolute atomic E-state index is 0.975. The summed E-state index contributed by atoms with van der Waals surface area (Å²) < 4.78 is 0. The van der Waals surface area contributed by atoms with Gasteiger partial charge < -0.3 is 5.41 Å².